The number of carboxylic acid groups (broad SMARTS) is 1. The van der Waals surface area contributed by atoms with Crippen molar-refractivity contribution < 1.29 is 38.8 Å². The first-order valence-corrected chi connectivity index (χ1v) is 12.7. The number of carboxylic acids is 1. The summed E-state index contributed by atoms with van der Waals surface area (Å²) in [5.74, 6) is -3.76. The third-order valence-corrected chi connectivity index (χ3v) is 7.75. The summed E-state index contributed by atoms with van der Waals surface area (Å²) >= 11 is 1.99. The molecule has 1 fully saturated rings. The number of β-lactam (4-membered cyclic amide) rings is 1. The van der Waals surface area contributed by atoms with Gasteiger partial charge in [-0.3, -0.25) is 19.3 Å². The Morgan fingerprint density at radius 1 is 1.46 bits per heavy atom. The van der Waals surface area contributed by atoms with Gasteiger partial charge in [-0.1, -0.05) is 18.2 Å². The smallest absolute Gasteiger partial charge is 0.278 e. The quantitative estimate of drug-likeness (QED) is 0.116. The number of hydrogen-bond acceptors (Lipinski definition) is 12. The fraction of sp³-hybridized carbons (Fsp3) is 0.450. The number of aliphatic carboxylic acids is 1. The van der Waals surface area contributed by atoms with Crippen molar-refractivity contribution >= 4 is 57.8 Å². The molecule has 3 amide bonds. The number of rotatable bonds is 12. The summed E-state index contributed by atoms with van der Waals surface area (Å²) in [5.41, 5.74) is 9.69. The highest BCUT2D eigenvalue weighted by Crippen LogP contribution is 2.40. The summed E-state index contributed by atoms with van der Waals surface area (Å²) < 4.78 is 16.3. The van der Waals surface area contributed by atoms with Crippen molar-refractivity contribution in [3.8, 4) is 0 Å². The average Bonchev–Trinajstić information content (AvgIpc) is 3.30. The fourth-order valence-electron chi connectivity index (χ4n) is 3.87. The Morgan fingerprint density at radius 3 is 2.73 bits per heavy atom. The molecule has 1 aromatic heterocycles. The van der Waals surface area contributed by atoms with Crippen molar-refractivity contribution in [3.05, 3.63) is 29.2 Å². The van der Waals surface area contributed by atoms with Crippen molar-refractivity contribution in [3.63, 3.8) is 0 Å². The number of alkyl halides is 1. The molecule has 2 aliphatic heterocycles. The number of nitrogens with one attached hydrogen (secondary N) is 1. The first kappa shape index (κ1) is 28.0. The van der Waals surface area contributed by atoms with Gasteiger partial charge in [0.2, 0.25) is 17.4 Å². The van der Waals surface area contributed by atoms with Gasteiger partial charge in [-0.15, -0.1) is 11.8 Å². The lowest BCUT2D eigenvalue weighted by Crippen LogP contribution is -2.93. The van der Waals surface area contributed by atoms with E-state index in [0.717, 1.165) is 16.4 Å². The van der Waals surface area contributed by atoms with Crippen molar-refractivity contribution in [2.45, 2.75) is 36.7 Å². The number of nitrogens with two attached hydrogens (primary N) is 3. The molecule has 37 heavy (non-hydrogen) atoms. The van der Waals surface area contributed by atoms with Gasteiger partial charge in [0.1, 0.15) is 17.0 Å². The van der Waals surface area contributed by atoms with E-state index in [4.69, 9.17) is 11.5 Å². The highest BCUT2D eigenvalue weighted by molar-refractivity contribution is 8.00. The number of primary amides is 1. The van der Waals surface area contributed by atoms with Crippen LogP contribution in [0.1, 0.15) is 25.6 Å². The number of halogens is 1. The lowest BCUT2D eigenvalue weighted by molar-refractivity contribution is -0.691. The second-order valence-corrected chi connectivity index (χ2v) is 9.90. The number of oxime groups is 1. The zero-order valence-electron chi connectivity index (χ0n) is 19.8. The number of anilines is 1. The van der Waals surface area contributed by atoms with Gasteiger partial charge in [0.25, 0.3) is 18.7 Å². The van der Waals surface area contributed by atoms with Gasteiger partial charge >= 0.3 is 0 Å². The summed E-state index contributed by atoms with van der Waals surface area (Å²) in [6.45, 7) is 0.542. The van der Waals surface area contributed by atoms with E-state index in [1.54, 1.807) is 19.2 Å². The van der Waals surface area contributed by atoms with Gasteiger partial charge in [0.15, 0.2) is 5.13 Å². The van der Waals surface area contributed by atoms with Crippen LogP contribution in [0.4, 0.5) is 9.52 Å². The lowest BCUT2D eigenvalue weighted by atomic mass is 9.90. The van der Waals surface area contributed by atoms with Crippen LogP contribution in [0.3, 0.4) is 0 Å². The molecule has 1 aromatic rings. The van der Waals surface area contributed by atoms with Gasteiger partial charge in [0, 0.05) is 23.7 Å². The maximum Gasteiger partial charge on any atom is 0.278 e. The molecule has 0 aliphatic carbocycles. The Kier molecular flexibility index (Phi) is 8.82. The molecule has 1 unspecified atom stereocenters. The Hall–Kier alpha value is -3.57. The number of thioether (sulfide) groups is 1. The monoisotopic (exact) mass is 556 g/mol. The largest absolute Gasteiger partial charge is 0.543 e. The predicted octanol–water partition coefficient (Wildman–Crippen LogP) is -3.05. The zero-order chi connectivity index (χ0) is 27.3. The number of carbonyl (C=O) groups excluding carboxylic acids is 4. The third-order valence-electron chi connectivity index (χ3n) is 5.90. The van der Waals surface area contributed by atoms with E-state index in [1.165, 1.54) is 11.8 Å². The van der Waals surface area contributed by atoms with Crippen LogP contribution in [0.25, 0.3) is 0 Å². The van der Waals surface area contributed by atoms with E-state index < -0.39 is 53.2 Å². The van der Waals surface area contributed by atoms with E-state index in [2.05, 4.69) is 24.7 Å². The zero-order valence-corrected chi connectivity index (χ0v) is 21.4. The van der Waals surface area contributed by atoms with E-state index in [0.29, 0.717) is 12.0 Å². The van der Waals surface area contributed by atoms with Crippen LogP contribution in [0.15, 0.2) is 28.6 Å². The van der Waals surface area contributed by atoms with Crippen LogP contribution < -0.4 is 27.2 Å². The van der Waals surface area contributed by atoms with Gasteiger partial charge in [-0.2, -0.15) is 9.36 Å². The van der Waals surface area contributed by atoms with E-state index in [1.807, 2.05) is 12.2 Å². The highest BCUT2D eigenvalue weighted by atomic mass is 32.2. The molecule has 7 N–H and O–H groups in total. The average molecular weight is 557 g/mol. The lowest BCUT2D eigenvalue weighted by Gasteiger charge is -2.50. The molecule has 3 heterocycles. The van der Waals surface area contributed by atoms with Gasteiger partial charge < -0.3 is 36.8 Å². The summed E-state index contributed by atoms with van der Waals surface area (Å²) in [5, 5.41) is 18.9. The molecular weight excluding hydrogens is 531 g/mol. The summed E-state index contributed by atoms with van der Waals surface area (Å²) in [6.07, 6.45) is 3.82. The SMILES string of the molecule is CCC(/C=C/C1=C(C(=O)[O-])N2C(=O)[C@@H](NC(=O)/C(=N\OCF)c3nsc(N)n3)[C@H]2SC1)(CC(N)=O)[NH2+]C. The molecule has 14 nitrogen and oxygen atoms in total. The second kappa shape index (κ2) is 11.7. The Morgan fingerprint density at radius 2 is 2.19 bits per heavy atom. The minimum Gasteiger partial charge on any atom is -0.543 e. The minimum atomic E-state index is -1.57. The number of quaternary nitrogens is 1. The molecule has 17 heteroatoms. The second-order valence-electron chi connectivity index (χ2n) is 8.01. The van der Waals surface area contributed by atoms with Crippen molar-refractivity contribution in [1.82, 2.24) is 19.6 Å². The molecule has 0 spiro atoms. The molecule has 3 atom stereocenters. The normalized spacial score (nSPS) is 21.3. The van der Waals surface area contributed by atoms with E-state index >= 15 is 0 Å². The molecule has 0 aromatic carbocycles. The number of fused-ring (bicyclic) bond motifs is 1. The number of amides is 3. The number of hydrogen-bond donors (Lipinski definition) is 4. The third kappa shape index (κ3) is 5.89. The molecule has 200 valence electrons. The molecule has 2 aliphatic rings. The fourth-order valence-corrected chi connectivity index (χ4v) is 5.62. The summed E-state index contributed by atoms with van der Waals surface area (Å²) in [4.78, 5) is 58.4. The van der Waals surface area contributed by atoms with Crippen LogP contribution >= 0.6 is 23.3 Å². The molecule has 0 bridgehead atoms. The topological polar surface area (TPSA) is 223 Å². The van der Waals surface area contributed by atoms with Crippen LogP contribution in [-0.4, -0.2) is 80.3 Å². The van der Waals surface area contributed by atoms with Gasteiger partial charge in [-0.25, -0.2) is 4.39 Å². The van der Waals surface area contributed by atoms with Gasteiger partial charge in [-0.05, 0) is 11.6 Å². The van der Waals surface area contributed by atoms with E-state index in [-0.39, 0.29) is 28.8 Å². The van der Waals surface area contributed by atoms with Crippen LogP contribution in [-0.2, 0) is 24.0 Å². The van der Waals surface area contributed by atoms with Crippen molar-refractivity contribution in [1.29, 1.82) is 0 Å². The van der Waals surface area contributed by atoms with Crippen molar-refractivity contribution in [2.75, 3.05) is 25.4 Å². The molecular formula is C20H25FN8O6S2. The van der Waals surface area contributed by atoms with Crippen molar-refractivity contribution in [2.24, 2.45) is 10.9 Å². The first-order valence-electron chi connectivity index (χ1n) is 10.9. The number of nitrogen functional groups attached to an aromatic ring is 1. The number of nitrogens with zero attached hydrogens (tertiary/aromatic N) is 4. The van der Waals surface area contributed by atoms with Crippen LogP contribution in [0.5, 0.6) is 0 Å². The Bertz CT molecular complexity index is 1180. The van der Waals surface area contributed by atoms with E-state index in [9.17, 15) is 28.7 Å². The predicted molar refractivity (Wildman–Crippen MR) is 129 cm³/mol. The minimum absolute atomic E-state index is 0.0254. The maximum absolute atomic E-state index is 12.9. The summed E-state index contributed by atoms with van der Waals surface area (Å²) in [7, 11) is 1.77. The standard InChI is InChI=1S/C20H25FN8O6S2/c1-3-20(24-2,6-10(22)30)5-4-9-7-36-17-12(16(32)29(17)13(9)18(33)34)25-15(31)11(27-35-8-21)14-26-19(23)37-28-14/h4-5,12,17,24H,3,6-8H2,1-2H3,(H2,22,30)(H,25,31)(H,33,34)(H2,23,26,28)/b5-4+,27-11-/t12-,17-,20?/m1/s1. The molecule has 3 rings (SSSR count). The van der Waals surface area contributed by atoms with Gasteiger partial charge in [0.05, 0.1) is 25.1 Å². The Balaban J connectivity index is 1.83. The highest BCUT2D eigenvalue weighted by Gasteiger charge is 2.53. The molecule has 0 radical (unpaired) electrons. The first-order chi connectivity index (χ1) is 17.6. The van der Waals surface area contributed by atoms with Crippen LogP contribution in [0, 0.1) is 0 Å². The number of carbonyl (C=O) groups is 4. The number of likely N-dealkylation sites (N-methyl/N-ethyl adjacent to an activating group) is 1. The Labute approximate surface area is 218 Å². The maximum atomic E-state index is 12.9. The van der Waals surface area contributed by atoms with Crippen LogP contribution in [0.2, 0.25) is 0 Å². The summed E-state index contributed by atoms with van der Waals surface area (Å²) in [6, 6.07) is -1.11. The number of aromatic nitrogens is 2. The molecule has 0 saturated carbocycles. The molecule has 1 saturated heterocycles. The number of allylic oxidation sites excluding steroid dienone is 1.